The van der Waals surface area contributed by atoms with E-state index in [-0.39, 0.29) is 0 Å². The molecule has 0 aromatic heterocycles. The molecule has 2 aromatic rings. The van der Waals surface area contributed by atoms with E-state index in [4.69, 9.17) is 29.6 Å². The van der Waals surface area contributed by atoms with Crippen molar-refractivity contribution in [1.82, 2.24) is 0 Å². The molecule has 0 heterocycles. The van der Waals surface area contributed by atoms with Crippen molar-refractivity contribution in [3.05, 3.63) is 55.9 Å². The van der Waals surface area contributed by atoms with Gasteiger partial charge in [-0.15, -0.1) is 0 Å². The summed E-state index contributed by atoms with van der Waals surface area (Å²) in [4.78, 5) is 0.334. The van der Waals surface area contributed by atoms with Gasteiger partial charge in [0.05, 0.1) is 10.7 Å². The monoisotopic (exact) mass is 418 g/mol. The summed E-state index contributed by atoms with van der Waals surface area (Å²) in [6, 6.07) is 11.2. The Morgan fingerprint density at radius 1 is 1.05 bits per heavy atom. The maximum atomic E-state index is 6.16. The summed E-state index contributed by atoms with van der Waals surface area (Å²) in [7, 11) is 0. The topological polar surface area (TPSA) is 38.0 Å². The Morgan fingerprint density at radius 3 is 2.26 bits per heavy atom. The van der Waals surface area contributed by atoms with E-state index in [2.05, 4.69) is 37.2 Å². The minimum absolute atomic E-state index is 0.334. The minimum Gasteiger partial charge on any atom is -0.389 e. The number of anilines is 2. The molecule has 0 aliphatic heterocycles. The van der Waals surface area contributed by atoms with E-state index in [1.165, 1.54) is 0 Å². The molecule has 0 aliphatic rings. The van der Waals surface area contributed by atoms with Crippen LogP contribution in [0.4, 0.5) is 11.4 Å². The van der Waals surface area contributed by atoms with E-state index in [0.29, 0.717) is 10.0 Å². The van der Waals surface area contributed by atoms with Gasteiger partial charge in [-0.1, -0.05) is 55.7 Å². The molecule has 0 saturated heterocycles. The molecule has 2 rings (SSSR count). The number of halogens is 3. The van der Waals surface area contributed by atoms with E-state index in [0.717, 1.165) is 25.9 Å². The fraction of sp³-hybridized carbons (Fsp3) is 0. The summed E-state index contributed by atoms with van der Waals surface area (Å²) in [5, 5.41) is 3.87. The zero-order chi connectivity index (χ0) is 14.0. The molecule has 0 aliphatic carbocycles. The number of thiocarbonyl (C=S) groups is 1. The Hall–Kier alpha value is -0.620. The third-order valence-corrected chi connectivity index (χ3v) is 3.98. The molecule has 0 fully saturated rings. The average Bonchev–Trinajstić information content (AvgIpc) is 2.33. The van der Waals surface area contributed by atoms with Gasteiger partial charge < -0.3 is 11.1 Å². The van der Waals surface area contributed by atoms with Gasteiger partial charge in [0.15, 0.2) is 0 Å². The van der Waals surface area contributed by atoms with E-state index in [9.17, 15) is 0 Å². The minimum atomic E-state index is 0.334. The first-order chi connectivity index (χ1) is 8.97. The first kappa shape index (κ1) is 14.8. The van der Waals surface area contributed by atoms with Crippen LogP contribution < -0.4 is 11.1 Å². The summed E-state index contributed by atoms with van der Waals surface area (Å²) in [5.41, 5.74) is 8.08. The molecular formula is C13H9Br2ClN2S. The van der Waals surface area contributed by atoms with Gasteiger partial charge in [-0.3, -0.25) is 0 Å². The molecule has 0 saturated carbocycles. The van der Waals surface area contributed by atoms with E-state index < -0.39 is 0 Å². The summed E-state index contributed by atoms with van der Waals surface area (Å²) in [6.45, 7) is 0. The van der Waals surface area contributed by atoms with Crippen molar-refractivity contribution in [2.75, 3.05) is 5.32 Å². The standard InChI is InChI=1S/C13H9Br2ClN2S/c14-7-1-3-9(13(17)19)11(5-7)18-12-6-8(15)2-4-10(12)16/h1-6,18H,(H2,17,19). The van der Waals surface area contributed by atoms with Crippen molar-refractivity contribution in [2.45, 2.75) is 0 Å². The molecule has 0 amide bonds. The second-order valence-electron chi connectivity index (χ2n) is 3.80. The summed E-state index contributed by atoms with van der Waals surface area (Å²) >= 11 is 18.0. The molecule has 0 bridgehead atoms. The molecule has 19 heavy (non-hydrogen) atoms. The smallest absolute Gasteiger partial charge is 0.106 e. The Morgan fingerprint density at radius 2 is 1.63 bits per heavy atom. The predicted octanol–water partition coefficient (Wildman–Crippen LogP) is 5.24. The lowest BCUT2D eigenvalue weighted by atomic mass is 10.1. The van der Waals surface area contributed by atoms with Gasteiger partial charge >= 0.3 is 0 Å². The molecule has 0 radical (unpaired) electrons. The third-order valence-electron chi connectivity index (χ3n) is 2.44. The van der Waals surface area contributed by atoms with Crippen molar-refractivity contribution in [1.29, 1.82) is 0 Å². The summed E-state index contributed by atoms with van der Waals surface area (Å²) < 4.78 is 1.87. The number of rotatable bonds is 3. The van der Waals surface area contributed by atoms with Crippen molar-refractivity contribution in [3.63, 3.8) is 0 Å². The van der Waals surface area contributed by atoms with Crippen molar-refractivity contribution in [3.8, 4) is 0 Å². The van der Waals surface area contributed by atoms with E-state index in [1.807, 2.05) is 36.4 Å². The zero-order valence-corrected chi connectivity index (χ0v) is 14.3. The highest BCUT2D eigenvalue weighted by Crippen LogP contribution is 2.31. The molecule has 3 N–H and O–H groups in total. The Balaban J connectivity index is 2.45. The zero-order valence-electron chi connectivity index (χ0n) is 9.58. The van der Waals surface area contributed by atoms with Crippen molar-refractivity contribution >= 4 is 72.0 Å². The lowest BCUT2D eigenvalue weighted by Gasteiger charge is -2.13. The van der Waals surface area contributed by atoms with Crippen molar-refractivity contribution < 1.29 is 0 Å². The van der Waals surface area contributed by atoms with Gasteiger partial charge in [0.1, 0.15) is 4.99 Å². The van der Waals surface area contributed by atoms with Crippen LogP contribution in [0.3, 0.4) is 0 Å². The van der Waals surface area contributed by atoms with Crippen LogP contribution in [0.5, 0.6) is 0 Å². The first-order valence-corrected chi connectivity index (χ1v) is 7.66. The second-order valence-corrected chi connectivity index (χ2v) is 6.48. The summed E-state index contributed by atoms with van der Waals surface area (Å²) in [6.07, 6.45) is 0. The van der Waals surface area contributed by atoms with E-state index >= 15 is 0 Å². The molecule has 0 unspecified atom stereocenters. The van der Waals surface area contributed by atoms with Gasteiger partial charge in [0, 0.05) is 20.2 Å². The summed E-state index contributed by atoms with van der Waals surface area (Å²) in [5.74, 6) is 0. The highest BCUT2D eigenvalue weighted by Gasteiger charge is 2.08. The van der Waals surface area contributed by atoms with Crippen molar-refractivity contribution in [2.24, 2.45) is 5.73 Å². The number of nitrogens with one attached hydrogen (secondary N) is 1. The number of hydrogen-bond donors (Lipinski definition) is 2. The maximum absolute atomic E-state index is 6.16. The van der Waals surface area contributed by atoms with Crippen LogP contribution in [-0.4, -0.2) is 4.99 Å². The average molecular weight is 421 g/mol. The Kier molecular flexibility index (Phi) is 4.84. The largest absolute Gasteiger partial charge is 0.389 e. The Labute approximate surface area is 138 Å². The van der Waals surface area contributed by atoms with Gasteiger partial charge in [0.25, 0.3) is 0 Å². The fourth-order valence-corrected chi connectivity index (χ4v) is 2.64. The van der Waals surface area contributed by atoms with Crippen LogP contribution in [0.15, 0.2) is 45.3 Å². The first-order valence-electron chi connectivity index (χ1n) is 5.29. The Bertz CT molecular complexity index is 647. The molecular weight excluding hydrogens is 411 g/mol. The quantitative estimate of drug-likeness (QED) is 0.667. The van der Waals surface area contributed by atoms with Crippen LogP contribution in [-0.2, 0) is 0 Å². The third kappa shape index (κ3) is 3.69. The number of hydrogen-bond acceptors (Lipinski definition) is 2. The normalized spacial score (nSPS) is 10.3. The highest BCUT2D eigenvalue weighted by molar-refractivity contribution is 9.10. The molecule has 0 atom stereocenters. The van der Waals surface area contributed by atoms with Crippen LogP contribution in [0.1, 0.15) is 5.56 Å². The molecule has 2 aromatic carbocycles. The van der Waals surface area contributed by atoms with Crippen LogP contribution in [0.25, 0.3) is 0 Å². The highest BCUT2D eigenvalue weighted by atomic mass is 79.9. The van der Waals surface area contributed by atoms with Gasteiger partial charge in [-0.2, -0.15) is 0 Å². The molecule has 98 valence electrons. The van der Waals surface area contributed by atoms with E-state index in [1.54, 1.807) is 0 Å². The molecule has 0 spiro atoms. The predicted molar refractivity (Wildman–Crippen MR) is 92.5 cm³/mol. The lowest BCUT2D eigenvalue weighted by molar-refractivity contribution is 1.50. The molecule has 6 heteroatoms. The van der Waals surface area contributed by atoms with Gasteiger partial charge in [-0.25, -0.2) is 0 Å². The van der Waals surface area contributed by atoms with Crippen LogP contribution >= 0.6 is 55.7 Å². The second kappa shape index (κ2) is 6.22. The van der Waals surface area contributed by atoms with Crippen LogP contribution in [0, 0.1) is 0 Å². The van der Waals surface area contributed by atoms with Crippen LogP contribution in [0.2, 0.25) is 5.02 Å². The van der Waals surface area contributed by atoms with Gasteiger partial charge in [0.2, 0.25) is 0 Å². The fourth-order valence-electron chi connectivity index (χ4n) is 1.57. The maximum Gasteiger partial charge on any atom is 0.106 e. The SMILES string of the molecule is NC(=S)c1ccc(Br)cc1Nc1cc(Br)ccc1Cl. The number of nitrogens with two attached hydrogens (primary N) is 1. The lowest BCUT2D eigenvalue weighted by Crippen LogP contribution is -2.12. The number of benzene rings is 2. The molecule has 2 nitrogen and oxygen atoms in total. The van der Waals surface area contributed by atoms with Gasteiger partial charge in [-0.05, 0) is 36.4 Å².